The van der Waals surface area contributed by atoms with Crippen LogP contribution in [0.3, 0.4) is 0 Å². The molecule has 2 aromatic rings. The topological polar surface area (TPSA) is 84.4 Å². The zero-order valence-corrected chi connectivity index (χ0v) is 16.4. The Balaban J connectivity index is 1.65. The normalized spacial score (nSPS) is 16.6. The zero-order chi connectivity index (χ0) is 19.2. The summed E-state index contributed by atoms with van der Waals surface area (Å²) in [6.07, 6.45) is 3.18. The van der Waals surface area contributed by atoms with E-state index < -0.39 is 5.92 Å². The summed E-state index contributed by atoms with van der Waals surface area (Å²) in [5, 5.41) is 12.4. The standard InChI is InChI=1S/C19H24N4O3S/c1-3-5-10-16-21-22-19(27-16)20-18(25)13-11-17(24)23(12-13)14-8-6-7-9-15(14)26-4-2/h6-9,13H,3-5,10-12H2,1-2H3,(H,20,22,25). The Morgan fingerprint density at radius 2 is 2.15 bits per heavy atom. The second-order valence-electron chi connectivity index (χ2n) is 6.40. The lowest BCUT2D eigenvalue weighted by atomic mass is 10.1. The van der Waals surface area contributed by atoms with Gasteiger partial charge < -0.3 is 15.0 Å². The van der Waals surface area contributed by atoms with Crippen LogP contribution in [0.2, 0.25) is 0 Å². The van der Waals surface area contributed by atoms with Gasteiger partial charge in [0.15, 0.2) is 0 Å². The summed E-state index contributed by atoms with van der Waals surface area (Å²) in [4.78, 5) is 26.7. The lowest BCUT2D eigenvalue weighted by Crippen LogP contribution is -2.28. The number of rotatable bonds is 8. The Hall–Kier alpha value is -2.48. The summed E-state index contributed by atoms with van der Waals surface area (Å²) in [5.41, 5.74) is 0.706. The third-order valence-electron chi connectivity index (χ3n) is 4.39. The number of hydrogen-bond acceptors (Lipinski definition) is 6. The van der Waals surface area contributed by atoms with Crippen LogP contribution in [-0.4, -0.2) is 35.2 Å². The molecule has 2 heterocycles. The Kier molecular flexibility index (Phi) is 6.39. The predicted molar refractivity (Wildman–Crippen MR) is 105 cm³/mol. The molecule has 1 fully saturated rings. The van der Waals surface area contributed by atoms with Gasteiger partial charge in [0, 0.05) is 19.4 Å². The molecule has 0 spiro atoms. The SMILES string of the molecule is CCCCc1nnc(NC(=O)C2CC(=O)N(c3ccccc3OCC)C2)s1. The van der Waals surface area contributed by atoms with Crippen molar-refractivity contribution in [1.29, 1.82) is 0 Å². The van der Waals surface area contributed by atoms with Crippen molar-refractivity contribution in [1.82, 2.24) is 10.2 Å². The maximum absolute atomic E-state index is 12.6. The molecule has 2 amide bonds. The number of para-hydroxylation sites is 2. The van der Waals surface area contributed by atoms with Crippen LogP contribution < -0.4 is 15.0 Å². The van der Waals surface area contributed by atoms with E-state index in [1.54, 1.807) is 4.90 Å². The quantitative estimate of drug-likeness (QED) is 0.750. The highest BCUT2D eigenvalue weighted by molar-refractivity contribution is 7.15. The van der Waals surface area contributed by atoms with Gasteiger partial charge >= 0.3 is 0 Å². The van der Waals surface area contributed by atoms with Gasteiger partial charge in [-0.3, -0.25) is 9.59 Å². The molecule has 144 valence electrons. The van der Waals surface area contributed by atoms with Crippen LogP contribution in [0.5, 0.6) is 5.75 Å². The second kappa shape index (κ2) is 8.94. The summed E-state index contributed by atoms with van der Waals surface area (Å²) < 4.78 is 5.61. The van der Waals surface area contributed by atoms with Crippen LogP contribution in [0, 0.1) is 5.92 Å². The molecule has 0 bridgehead atoms. The van der Waals surface area contributed by atoms with Crippen molar-refractivity contribution < 1.29 is 14.3 Å². The van der Waals surface area contributed by atoms with E-state index in [1.165, 1.54) is 11.3 Å². The van der Waals surface area contributed by atoms with Gasteiger partial charge in [-0.05, 0) is 25.5 Å². The van der Waals surface area contributed by atoms with Crippen LogP contribution in [0.15, 0.2) is 24.3 Å². The maximum Gasteiger partial charge on any atom is 0.231 e. The van der Waals surface area contributed by atoms with Gasteiger partial charge in [-0.25, -0.2) is 0 Å². The van der Waals surface area contributed by atoms with E-state index in [1.807, 2.05) is 31.2 Å². The average Bonchev–Trinajstić information content (AvgIpc) is 3.27. The van der Waals surface area contributed by atoms with Crippen LogP contribution >= 0.6 is 11.3 Å². The van der Waals surface area contributed by atoms with Crippen molar-refractivity contribution in [3.05, 3.63) is 29.3 Å². The largest absolute Gasteiger partial charge is 0.492 e. The number of anilines is 2. The van der Waals surface area contributed by atoms with Crippen molar-refractivity contribution in [2.45, 2.75) is 39.5 Å². The van der Waals surface area contributed by atoms with Gasteiger partial charge in [0.2, 0.25) is 16.9 Å². The fraction of sp³-hybridized carbons (Fsp3) is 0.474. The van der Waals surface area contributed by atoms with Crippen molar-refractivity contribution in [2.24, 2.45) is 5.92 Å². The number of carbonyl (C=O) groups is 2. The summed E-state index contributed by atoms with van der Waals surface area (Å²) in [5.74, 6) is -0.0459. The predicted octanol–water partition coefficient (Wildman–Crippen LogP) is 3.27. The van der Waals surface area contributed by atoms with E-state index >= 15 is 0 Å². The van der Waals surface area contributed by atoms with Gasteiger partial charge in [-0.1, -0.05) is 36.8 Å². The molecule has 7 nitrogen and oxygen atoms in total. The molecule has 1 aromatic heterocycles. The van der Waals surface area contributed by atoms with Gasteiger partial charge in [-0.2, -0.15) is 0 Å². The second-order valence-corrected chi connectivity index (χ2v) is 7.46. The van der Waals surface area contributed by atoms with Crippen LogP contribution in [0.25, 0.3) is 0 Å². The lowest BCUT2D eigenvalue weighted by Gasteiger charge is -2.20. The first-order valence-corrected chi connectivity index (χ1v) is 10.1. The number of ether oxygens (including phenoxy) is 1. The van der Waals surface area contributed by atoms with E-state index in [-0.39, 0.29) is 18.2 Å². The number of nitrogens with zero attached hydrogens (tertiary/aromatic N) is 3. The Bertz CT molecular complexity index is 808. The number of benzene rings is 1. The molecule has 8 heteroatoms. The van der Waals surface area contributed by atoms with E-state index in [9.17, 15) is 9.59 Å². The molecule has 0 saturated carbocycles. The van der Waals surface area contributed by atoms with E-state index in [0.29, 0.717) is 29.7 Å². The highest BCUT2D eigenvalue weighted by atomic mass is 32.1. The number of nitrogens with one attached hydrogen (secondary N) is 1. The summed E-state index contributed by atoms with van der Waals surface area (Å²) in [6.45, 7) is 4.86. The van der Waals surface area contributed by atoms with E-state index in [2.05, 4.69) is 22.4 Å². The minimum absolute atomic E-state index is 0.0804. The molecular formula is C19H24N4O3S. The first-order valence-electron chi connectivity index (χ1n) is 9.27. The molecule has 1 N–H and O–H groups in total. The lowest BCUT2D eigenvalue weighted by molar-refractivity contribution is -0.122. The maximum atomic E-state index is 12.6. The average molecular weight is 388 g/mol. The molecule has 1 saturated heterocycles. The van der Waals surface area contributed by atoms with Gasteiger partial charge in [0.25, 0.3) is 0 Å². The van der Waals surface area contributed by atoms with Crippen LogP contribution in [0.4, 0.5) is 10.8 Å². The number of hydrogen-bond donors (Lipinski definition) is 1. The van der Waals surface area contributed by atoms with E-state index in [0.717, 1.165) is 24.3 Å². The molecule has 1 atom stereocenters. The van der Waals surface area contributed by atoms with Gasteiger partial charge in [-0.15, -0.1) is 10.2 Å². The van der Waals surface area contributed by atoms with Gasteiger partial charge in [0.1, 0.15) is 10.8 Å². The molecule has 1 unspecified atom stereocenters. The first-order chi connectivity index (χ1) is 13.1. The van der Waals surface area contributed by atoms with Crippen molar-refractivity contribution in [3.8, 4) is 5.75 Å². The number of aryl methyl sites for hydroxylation is 1. The van der Waals surface area contributed by atoms with Crippen molar-refractivity contribution in [3.63, 3.8) is 0 Å². The number of amides is 2. The van der Waals surface area contributed by atoms with Gasteiger partial charge in [0.05, 0.1) is 18.2 Å². The fourth-order valence-electron chi connectivity index (χ4n) is 3.01. The third-order valence-corrected chi connectivity index (χ3v) is 5.29. The third kappa shape index (κ3) is 4.63. The first kappa shape index (κ1) is 19.3. The Labute approximate surface area is 162 Å². The van der Waals surface area contributed by atoms with E-state index in [4.69, 9.17) is 4.74 Å². The summed E-state index contributed by atoms with van der Waals surface area (Å²) >= 11 is 1.39. The molecule has 1 aliphatic rings. The Morgan fingerprint density at radius 1 is 1.33 bits per heavy atom. The smallest absolute Gasteiger partial charge is 0.231 e. The molecule has 27 heavy (non-hydrogen) atoms. The minimum Gasteiger partial charge on any atom is -0.492 e. The Morgan fingerprint density at radius 3 is 2.93 bits per heavy atom. The van der Waals surface area contributed by atoms with Crippen molar-refractivity contribution >= 4 is 34.0 Å². The molecule has 1 aromatic carbocycles. The highest BCUT2D eigenvalue weighted by Crippen LogP contribution is 2.33. The molecule has 0 radical (unpaired) electrons. The summed E-state index contributed by atoms with van der Waals surface area (Å²) in [7, 11) is 0. The fourth-order valence-corrected chi connectivity index (χ4v) is 3.80. The number of carbonyl (C=O) groups excluding carboxylic acids is 2. The molecule has 1 aliphatic heterocycles. The van der Waals surface area contributed by atoms with Crippen molar-refractivity contribution in [2.75, 3.05) is 23.4 Å². The number of aromatic nitrogens is 2. The zero-order valence-electron chi connectivity index (χ0n) is 15.6. The monoisotopic (exact) mass is 388 g/mol. The molecule has 0 aliphatic carbocycles. The van der Waals surface area contributed by atoms with Crippen LogP contribution in [-0.2, 0) is 16.0 Å². The highest BCUT2D eigenvalue weighted by Gasteiger charge is 2.36. The minimum atomic E-state index is -0.421. The molecule has 3 rings (SSSR count). The summed E-state index contributed by atoms with van der Waals surface area (Å²) in [6, 6.07) is 7.40. The number of unbranched alkanes of at least 4 members (excludes halogenated alkanes) is 1. The van der Waals surface area contributed by atoms with Crippen LogP contribution in [0.1, 0.15) is 38.1 Å². The molecular weight excluding hydrogens is 364 g/mol.